The van der Waals surface area contributed by atoms with Crippen LogP contribution in [0.25, 0.3) is 0 Å². The lowest BCUT2D eigenvalue weighted by molar-refractivity contribution is -0.870. The second kappa shape index (κ2) is 48.3. The molecule has 3 unspecified atom stereocenters. The van der Waals surface area contributed by atoms with Crippen molar-refractivity contribution in [2.75, 3.05) is 40.9 Å². The molecule has 0 aliphatic carbocycles. The predicted molar refractivity (Wildman–Crippen MR) is 282 cm³/mol. The number of nitrogens with zero attached hydrogens (tertiary/aromatic N) is 1. The SMILES string of the molecule is CCCCCCCCC/C=C\CCCCCCCCCC(=O)NC(COP(=O)(O)OCC[N+](C)(C)C)C(O)CCCCCCCCCCCCCCCCCCCCCCCCCCC. The molecule has 3 N–H and O–H groups in total. The van der Waals surface area contributed by atoms with Crippen molar-refractivity contribution in [2.24, 2.45) is 0 Å². The first kappa shape index (κ1) is 64.2. The minimum absolute atomic E-state index is 0.0762. The second-order valence-electron chi connectivity index (χ2n) is 21.0. The van der Waals surface area contributed by atoms with Gasteiger partial charge in [0.05, 0.1) is 39.9 Å². The second-order valence-corrected chi connectivity index (χ2v) is 22.5. The lowest BCUT2D eigenvalue weighted by Gasteiger charge is -2.26. The summed E-state index contributed by atoms with van der Waals surface area (Å²) >= 11 is 0. The van der Waals surface area contributed by atoms with Gasteiger partial charge in [0.2, 0.25) is 5.91 Å². The monoisotopic (exact) mass is 942 g/mol. The van der Waals surface area contributed by atoms with E-state index in [0.717, 1.165) is 38.5 Å². The van der Waals surface area contributed by atoms with E-state index in [1.54, 1.807) is 0 Å². The number of phosphoric ester groups is 1. The Kier molecular flexibility index (Phi) is 47.7. The number of carbonyl (C=O) groups excluding carboxylic acids is 1. The summed E-state index contributed by atoms with van der Waals surface area (Å²) in [5.41, 5.74) is 0. The van der Waals surface area contributed by atoms with Gasteiger partial charge in [-0.2, -0.15) is 0 Å². The van der Waals surface area contributed by atoms with Gasteiger partial charge in [0, 0.05) is 6.42 Å². The maximum Gasteiger partial charge on any atom is 0.472 e. The van der Waals surface area contributed by atoms with Crippen LogP contribution in [-0.2, 0) is 18.4 Å². The fraction of sp³-hybridized carbons (Fsp3) is 0.946. The fourth-order valence-electron chi connectivity index (χ4n) is 8.75. The smallest absolute Gasteiger partial charge is 0.391 e. The Hall–Kier alpha value is -0.760. The van der Waals surface area contributed by atoms with Crippen LogP contribution in [0.4, 0.5) is 0 Å². The number of quaternary nitrogens is 1. The van der Waals surface area contributed by atoms with Crippen LogP contribution in [0.5, 0.6) is 0 Å². The van der Waals surface area contributed by atoms with Crippen LogP contribution >= 0.6 is 7.82 Å². The van der Waals surface area contributed by atoms with Gasteiger partial charge in [0.15, 0.2) is 0 Å². The summed E-state index contributed by atoms with van der Waals surface area (Å²) in [6, 6.07) is -0.760. The molecular formula is C56H114N2O6P+. The highest BCUT2D eigenvalue weighted by Gasteiger charge is 2.28. The average molecular weight is 943 g/mol. The van der Waals surface area contributed by atoms with Gasteiger partial charge in [-0.05, 0) is 38.5 Å². The van der Waals surface area contributed by atoms with E-state index < -0.39 is 20.0 Å². The number of amides is 1. The first-order chi connectivity index (χ1) is 31.5. The number of phosphoric acid groups is 1. The van der Waals surface area contributed by atoms with E-state index in [9.17, 15) is 19.4 Å². The molecule has 0 radical (unpaired) electrons. The molecule has 0 aromatic carbocycles. The molecular weight excluding hydrogens is 828 g/mol. The Balaban J connectivity index is 4.14. The first-order valence-corrected chi connectivity index (χ1v) is 30.0. The standard InChI is InChI=1S/C56H113N2O6P/c1-6-8-10-12-14-16-18-20-22-24-26-27-28-29-30-31-32-33-35-37-39-41-43-45-47-49-55(59)54(53-64-65(61,62)63-52-51-58(3,4)5)57-56(60)50-48-46-44-42-40-38-36-34-25-23-21-19-17-15-13-11-9-7-2/h23,25,54-55,59H,6-22,24,26-53H2,1-5H3,(H-,57,60,61,62)/p+1/b25-23-. The molecule has 8 nitrogen and oxygen atoms in total. The number of aliphatic hydroxyl groups is 1. The highest BCUT2D eigenvalue weighted by Crippen LogP contribution is 2.43. The Labute approximate surface area is 405 Å². The Bertz CT molecular complexity index is 1070. The van der Waals surface area contributed by atoms with Crippen molar-refractivity contribution in [3.05, 3.63) is 12.2 Å². The van der Waals surface area contributed by atoms with E-state index in [-0.39, 0.29) is 19.1 Å². The molecule has 388 valence electrons. The van der Waals surface area contributed by atoms with Crippen molar-refractivity contribution < 1.29 is 32.9 Å². The largest absolute Gasteiger partial charge is 0.472 e. The van der Waals surface area contributed by atoms with E-state index in [0.29, 0.717) is 23.9 Å². The molecule has 0 saturated carbocycles. The third-order valence-electron chi connectivity index (χ3n) is 13.3. The van der Waals surface area contributed by atoms with Crippen molar-refractivity contribution in [1.29, 1.82) is 0 Å². The van der Waals surface area contributed by atoms with Crippen molar-refractivity contribution in [3.8, 4) is 0 Å². The normalized spacial score (nSPS) is 14.0. The number of hydrogen-bond acceptors (Lipinski definition) is 5. The Morgan fingerprint density at radius 2 is 0.831 bits per heavy atom. The molecule has 0 fully saturated rings. The van der Waals surface area contributed by atoms with Crippen molar-refractivity contribution in [2.45, 2.75) is 302 Å². The van der Waals surface area contributed by atoms with Gasteiger partial charge in [0.1, 0.15) is 13.2 Å². The molecule has 9 heteroatoms. The summed E-state index contributed by atoms with van der Waals surface area (Å²) < 4.78 is 23.8. The van der Waals surface area contributed by atoms with E-state index in [1.165, 1.54) is 225 Å². The highest BCUT2D eigenvalue weighted by atomic mass is 31.2. The van der Waals surface area contributed by atoms with Gasteiger partial charge in [-0.1, -0.05) is 257 Å². The summed E-state index contributed by atoms with van der Waals surface area (Å²) in [5, 5.41) is 14.1. The van der Waals surface area contributed by atoms with Gasteiger partial charge >= 0.3 is 7.82 Å². The molecule has 0 rings (SSSR count). The molecule has 3 atom stereocenters. The number of nitrogens with one attached hydrogen (secondary N) is 1. The predicted octanol–water partition coefficient (Wildman–Crippen LogP) is 17.0. The number of carbonyl (C=O) groups is 1. The third kappa shape index (κ3) is 50.9. The zero-order chi connectivity index (χ0) is 47.8. The summed E-state index contributed by atoms with van der Waals surface area (Å²) in [7, 11) is 1.63. The summed E-state index contributed by atoms with van der Waals surface area (Å²) in [6.07, 6.45) is 58.3. The number of unbranched alkanes of at least 4 members (excludes halogenated alkanes) is 38. The van der Waals surface area contributed by atoms with E-state index in [2.05, 4.69) is 31.3 Å². The molecule has 0 bridgehead atoms. The molecule has 65 heavy (non-hydrogen) atoms. The highest BCUT2D eigenvalue weighted by molar-refractivity contribution is 7.47. The van der Waals surface area contributed by atoms with Gasteiger partial charge in [-0.15, -0.1) is 0 Å². The van der Waals surface area contributed by atoms with Crippen molar-refractivity contribution in [1.82, 2.24) is 5.32 Å². The van der Waals surface area contributed by atoms with E-state index >= 15 is 0 Å². The number of rotatable bonds is 53. The van der Waals surface area contributed by atoms with E-state index in [4.69, 9.17) is 9.05 Å². The van der Waals surface area contributed by atoms with Crippen LogP contribution in [0.3, 0.4) is 0 Å². The first-order valence-electron chi connectivity index (χ1n) is 28.6. The number of aliphatic hydroxyl groups excluding tert-OH is 1. The third-order valence-corrected chi connectivity index (χ3v) is 14.2. The average Bonchev–Trinajstić information content (AvgIpc) is 3.26. The summed E-state index contributed by atoms with van der Waals surface area (Å²) in [5.74, 6) is -0.144. The summed E-state index contributed by atoms with van der Waals surface area (Å²) in [4.78, 5) is 23.3. The maximum atomic E-state index is 13.0. The summed E-state index contributed by atoms with van der Waals surface area (Å²) in [6.45, 7) is 4.93. The van der Waals surface area contributed by atoms with Crippen LogP contribution in [0, 0.1) is 0 Å². The van der Waals surface area contributed by atoms with Gasteiger partial charge in [-0.3, -0.25) is 13.8 Å². The molecule has 0 saturated heterocycles. The zero-order valence-corrected chi connectivity index (χ0v) is 45.2. The molecule has 1 amide bonds. The van der Waals surface area contributed by atoms with Crippen LogP contribution in [-0.4, -0.2) is 73.4 Å². The number of hydrogen-bond donors (Lipinski definition) is 3. The van der Waals surface area contributed by atoms with Gasteiger partial charge in [0.25, 0.3) is 0 Å². The maximum absolute atomic E-state index is 13.0. The minimum atomic E-state index is -4.32. The molecule has 0 spiro atoms. The lowest BCUT2D eigenvalue weighted by atomic mass is 10.0. The van der Waals surface area contributed by atoms with Crippen molar-refractivity contribution in [3.63, 3.8) is 0 Å². The zero-order valence-electron chi connectivity index (χ0n) is 44.3. The molecule has 0 aromatic heterocycles. The lowest BCUT2D eigenvalue weighted by Crippen LogP contribution is -2.46. The minimum Gasteiger partial charge on any atom is -0.391 e. The van der Waals surface area contributed by atoms with Crippen LogP contribution in [0.2, 0.25) is 0 Å². The molecule has 0 aliphatic heterocycles. The topological polar surface area (TPSA) is 105 Å². The van der Waals surface area contributed by atoms with Crippen LogP contribution < -0.4 is 5.32 Å². The quantitative estimate of drug-likeness (QED) is 0.0243. The van der Waals surface area contributed by atoms with Crippen LogP contribution in [0.1, 0.15) is 290 Å². The molecule has 0 aliphatic rings. The number of allylic oxidation sites excluding steroid dienone is 2. The van der Waals surface area contributed by atoms with E-state index in [1.807, 2.05) is 21.1 Å². The van der Waals surface area contributed by atoms with Gasteiger partial charge in [-0.25, -0.2) is 4.57 Å². The number of likely N-dealkylation sites (N-methyl/N-ethyl adjacent to an activating group) is 1. The molecule has 0 aromatic rings. The van der Waals surface area contributed by atoms with Gasteiger partial charge < -0.3 is 19.8 Å². The Morgan fingerprint density at radius 1 is 0.508 bits per heavy atom. The fourth-order valence-corrected chi connectivity index (χ4v) is 9.49. The Morgan fingerprint density at radius 3 is 1.18 bits per heavy atom. The van der Waals surface area contributed by atoms with Crippen LogP contribution in [0.15, 0.2) is 12.2 Å². The van der Waals surface area contributed by atoms with Crippen molar-refractivity contribution >= 4 is 13.7 Å². The molecule has 0 heterocycles.